The molecule has 5 unspecified atom stereocenters. The number of carbonyl (C=O) groups is 4. The van der Waals surface area contributed by atoms with Crippen LogP contribution in [0.2, 0.25) is 0 Å². The molecule has 14 nitrogen and oxygen atoms in total. The van der Waals surface area contributed by atoms with Crippen LogP contribution in [0.1, 0.15) is 89.9 Å². The van der Waals surface area contributed by atoms with E-state index >= 15 is 0 Å². The van der Waals surface area contributed by atoms with Gasteiger partial charge in [-0.15, -0.1) is 11.3 Å². The molecule has 5 N–H and O–H groups in total. The molecule has 1 aromatic rings. The number of hydroxylamine groups is 2. The van der Waals surface area contributed by atoms with Gasteiger partial charge in [-0.3, -0.25) is 24.0 Å². The molecule has 0 spiro atoms. The van der Waals surface area contributed by atoms with Gasteiger partial charge in [-0.1, -0.05) is 40.5 Å². The molecule has 0 saturated carbocycles. The number of aromatic nitrogens is 1. The summed E-state index contributed by atoms with van der Waals surface area (Å²) < 4.78 is 10.7. The Bertz CT molecular complexity index is 1160. The summed E-state index contributed by atoms with van der Waals surface area (Å²) in [7, 11) is 0. The molecular weight excluding hydrogens is 757 g/mol. The van der Waals surface area contributed by atoms with E-state index in [1.54, 1.807) is 5.38 Å². The lowest BCUT2D eigenvalue weighted by atomic mass is 9.72. The Morgan fingerprint density at radius 2 is 1.81 bits per heavy atom. The highest BCUT2D eigenvalue weighted by atomic mass is 127. The van der Waals surface area contributed by atoms with Gasteiger partial charge in [-0.2, -0.15) is 0 Å². The molecule has 16 heteroatoms. The summed E-state index contributed by atoms with van der Waals surface area (Å²) >= 11 is 3.02. The van der Waals surface area contributed by atoms with Crippen molar-refractivity contribution >= 4 is 57.8 Å². The Morgan fingerprint density at radius 1 is 1.10 bits per heavy atom. The average molecular weight is 812 g/mol. The molecule has 0 bridgehead atoms. The summed E-state index contributed by atoms with van der Waals surface area (Å²) in [5.74, 6) is -0.853. The first-order valence-corrected chi connectivity index (χ1v) is 18.2. The number of Topliss-reactive ketones (excluding diaryl/α,β-unsaturated/α-hetero) is 1. The molecule has 2 rings (SSSR count). The van der Waals surface area contributed by atoms with Crippen molar-refractivity contribution in [3.63, 3.8) is 0 Å². The number of aliphatic hydroxyl groups excluding tert-OH is 2. The van der Waals surface area contributed by atoms with Gasteiger partial charge in [0.2, 0.25) is 11.8 Å². The Morgan fingerprint density at radius 3 is 2.46 bits per heavy atom. The molecule has 1 saturated heterocycles. The summed E-state index contributed by atoms with van der Waals surface area (Å²) in [5.41, 5.74) is -1.38. The minimum Gasteiger partial charge on any atom is -0.388 e. The third-order valence-electron chi connectivity index (χ3n) is 8.33. The number of aliphatic hydroxyl groups is 2. The summed E-state index contributed by atoms with van der Waals surface area (Å²) in [6.07, 6.45) is 2.33. The molecule has 1 fully saturated rings. The number of amides is 3. The molecule has 1 aliphatic rings. The number of hydrogen-bond acceptors (Lipinski definition) is 12. The lowest BCUT2D eigenvalue weighted by Crippen LogP contribution is -2.61. The largest absolute Gasteiger partial charge is 0.388 e. The maximum absolute atomic E-state index is 13.0. The van der Waals surface area contributed by atoms with Crippen LogP contribution >= 0.6 is 34.3 Å². The molecule has 1 aliphatic heterocycles. The van der Waals surface area contributed by atoms with Gasteiger partial charge in [0.1, 0.15) is 47.4 Å². The van der Waals surface area contributed by atoms with E-state index in [0.29, 0.717) is 32.4 Å². The predicted molar refractivity (Wildman–Crippen MR) is 189 cm³/mol. The van der Waals surface area contributed by atoms with Crippen LogP contribution in [-0.2, 0) is 27.0 Å². The number of nitrogens with zero attached hydrogens (tertiary/aromatic N) is 2. The molecular formula is C32H54IN5O9S. The number of unbranched alkanes of at least 4 members (excludes halogenated alkanes) is 3. The first-order valence-electron chi connectivity index (χ1n) is 16.5. The number of ether oxygens (including phenoxy) is 1. The molecule has 2 heterocycles. The van der Waals surface area contributed by atoms with Gasteiger partial charge in [0.25, 0.3) is 5.91 Å². The van der Waals surface area contributed by atoms with Crippen molar-refractivity contribution in [2.45, 2.75) is 110 Å². The van der Waals surface area contributed by atoms with Gasteiger partial charge in [-0.25, -0.2) is 10.0 Å². The van der Waals surface area contributed by atoms with Crippen LogP contribution in [0.25, 0.3) is 0 Å². The zero-order valence-electron chi connectivity index (χ0n) is 29.0. The van der Waals surface area contributed by atoms with Crippen LogP contribution in [0.4, 0.5) is 0 Å². The first-order chi connectivity index (χ1) is 22.6. The van der Waals surface area contributed by atoms with Crippen LogP contribution in [-0.4, -0.2) is 114 Å². The SMILES string of the molecule is CC(=O)N(OCCCCCCNCC(=O)C(C)(C)CC(C)(C)C(=O)NC(C)CCOI)C1COC(CNC(=O)c2nccs2)C(O)C1O. The number of hydrogen-bond donors (Lipinski definition) is 5. The number of nitrogens with one attached hydrogen (secondary N) is 3. The first kappa shape index (κ1) is 42.4. The smallest absolute Gasteiger partial charge is 0.280 e. The summed E-state index contributed by atoms with van der Waals surface area (Å²) in [5, 5.41) is 33.3. The van der Waals surface area contributed by atoms with E-state index in [-0.39, 0.29) is 49.0 Å². The molecule has 5 atom stereocenters. The number of carbonyl (C=O) groups excluding carboxylic acids is 4. The van der Waals surface area contributed by atoms with Gasteiger partial charge >= 0.3 is 0 Å². The lowest BCUT2D eigenvalue weighted by molar-refractivity contribution is -0.249. The van der Waals surface area contributed by atoms with E-state index in [2.05, 4.69) is 20.9 Å². The number of thiazole rings is 1. The monoisotopic (exact) mass is 811 g/mol. The Hall–Kier alpha value is -1.80. The third kappa shape index (κ3) is 13.8. The van der Waals surface area contributed by atoms with Gasteiger partial charge < -0.3 is 34.0 Å². The highest BCUT2D eigenvalue weighted by Gasteiger charge is 2.43. The minimum atomic E-state index is -1.35. The van der Waals surface area contributed by atoms with Crippen LogP contribution in [0.3, 0.4) is 0 Å². The van der Waals surface area contributed by atoms with Crippen LogP contribution in [0.15, 0.2) is 11.6 Å². The highest BCUT2D eigenvalue weighted by Crippen LogP contribution is 2.34. The normalized spacial score (nSPS) is 20.6. The molecule has 3 amide bonds. The van der Waals surface area contributed by atoms with Crippen molar-refractivity contribution < 1.29 is 42.0 Å². The van der Waals surface area contributed by atoms with Crippen LogP contribution < -0.4 is 16.0 Å². The number of ketones is 1. The van der Waals surface area contributed by atoms with Crippen molar-refractivity contribution in [1.29, 1.82) is 0 Å². The van der Waals surface area contributed by atoms with Gasteiger partial charge in [0, 0.05) is 41.9 Å². The molecule has 0 aliphatic carbocycles. The van der Waals surface area contributed by atoms with E-state index in [1.807, 2.05) is 57.6 Å². The summed E-state index contributed by atoms with van der Waals surface area (Å²) in [4.78, 5) is 59.9. The third-order valence-corrected chi connectivity index (χ3v) is 9.54. The van der Waals surface area contributed by atoms with Gasteiger partial charge in [-0.05, 0) is 39.2 Å². The average Bonchev–Trinajstić information content (AvgIpc) is 3.56. The second-order valence-electron chi connectivity index (χ2n) is 13.6. The van der Waals surface area contributed by atoms with E-state index in [4.69, 9.17) is 12.6 Å². The molecule has 274 valence electrons. The van der Waals surface area contributed by atoms with Crippen LogP contribution in [0, 0.1) is 10.8 Å². The number of rotatable bonds is 22. The maximum Gasteiger partial charge on any atom is 0.280 e. The Labute approximate surface area is 302 Å². The van der Waals surface area contributed by atoms with Crippen molar-refractivity contribution in [2.24, 2.45) is 10.8 Å². The topological polar surface area (TPSA) is 189 Å². The molecule has 48 heavy (non-hydrogen) atoms. The van der Waals surface area contributed by atoms with Crippen LogP contribution in [0.5, 0.6) is 0 Å². The lowest BCUT2D eigenvalue weighted by Gasteiger charge is -2.41. The van der Waals surface area contributed by atoms with E-state index in [1.165, 1.54) is 24.5 Å². The summed E-state index contributed by atoms with van der Waals surface area (Å²) in [6.45, 7) is 12.3. The van der Waals surface area contributed by atoms with E-state index in [9.17, 15) is 29.4 Å². The molecule has 0 aromatic carbocycles. The molecule has 1 aromatic heterocycles. The number of halogens is 1. The van der Waals surface area contributed by atoms with Crippen molar-refractivity contribution in [3.05, 3.63) is 16.6 Å². The highest BCUT2D eigenvalue weighted by molar-refractivity contribution is 14.1. The maximum atomic E-state index is 13.0. The standard InChI is InChI=1S/C32H54IN5O9S/c1-21(11-15-46-33)37-30(44)32(5,6)20-31(3,4)25(40)18-34-12-9-7-8-10-14-47-38(22(2)39)23-19-45-24(27(42)26(23)41)17-36-28(43)29-35-13-16-48-29/h13,16,21,23-24,26-27,34,41-42H,7-12,14-15,17-20H2,1-6H3,(H,36,43)(H,37,44). The molecule has 0 radical (unpaired) electrons. The van der Waals surface area contributed by atoms with Crippen molar-refractivity contribution in [3.8, 4) is 0 Å². The van der Waals surface area contributed by atoms with Crippen molar-refractivity contribution in [1.82, 2.24) is 26.0 Å². The second-order valence-corrected chi connectivity index (χ2v) is 15.1. The Kier molecular flexibility index (Phi) is 18.3. The zero-order chi connectivity index (χ0) is 35.9. The second kappa shape index (κ2) is 20.8. The van der Waals surface area contributed by atoms with E-state index < -0.39 is 47.0 Å². The fourth-order valence-electron chi connectivity index (χ4n) is 5.58. The van der Waals surface area contributed by atoms with Gasteiger partial charge in [0.05, 0.1) is 26.4 Å². The summed E-state index contributed by atoms with van der Waals surface area (Å²) in [6, 6.07) is -0.921. The minimum absolute atomic E-state index is 0.0173. The predicted octanol–water partition coefficient (Wildman–Crippen LogP) is 2.57. The van der Waals surface area contributed by atoms with Crippen molar-refractivity contribution in [2.75, 3.05) is 39.5 Å². The quantitative estimate of drug-likeness (QED) is 0.0658. The van der Waals surface area contributed by atoms with Gasteiger partial charge in [0.15, 0.2) is 10.8 Å². The fourth-order valence-corrected chi connectivity index (χ4v) is 6.39. The Balaban J connectivity index is 1.65. The fraction of sp³-hybridized carbons (Fsp3) is 0.781. The zero-order valence-corrected chi connectivity index (χ0v) is 31.9. The van der Waals surface area contributed by atoms with E-state index in [0.717, 1.165) is 24.3 Å².